The molecule has 3 rings (SSSR count). The monoisotopic (exact) mass is 468 g/mol. The van der Waals surface area contributed by atoms with Gasteiger partial charge in [-0.15, -0.1) is 13.2 Å². The number of aliphatic hydroxyl groups excluding tert-OH is 1. The average Bonchev–Trinajstić information content (AvgIpc) is 3.26. The summed E-state index contributed by atoms with van der Waals surface area (Å²) >= 11 is 0. The van der Waals surface area contributed by atoms with Crippen LogP contribution in [0.25, 0.3) is 0 Å². The minimum Gasteiger partial charge on any atom is -0.405 e. The minimum absolute atomic E-state index is 0.0175. The van der Waals surface area contributed by atoms with E-state index >= 15 is 0 Å². The smallest absolute Gasteiger partial charge is 0.405 e. The maximum absolute atomic E-state index is 12.7. The Morgan fingerprint density at radius 1 is 1.21 bits per heavy atom. The molecule has 0 bridgehead atoms. The number of halogens is 3. The van der Waals surface area contributed by atoms with Crippen molar-refractivity contribution in [1.29, 1.82) is 5.26 Å². The molecule has 2 aliphatic rings. The number of amides is 3. The molecule has 8 nitrogen and oxygen atoms in total. The lowest BCUT2D eigenvalue weighted by atomic mass is 9.85. The molecule has 1 aliphatic heterocycles. The lowest BCUT2D eigenvalue weighted by molar-refractivity contribution is -0.274. The lowest BCUT2D eigenvalue weighted by Gasteiger charge is -2.31. The molecule has 0 aromatic heterocycles. The maximum Gasteiger partial charge on any atom is 0.573 e. The number of urea groups is 1. The summed E-state index contributed by atoms with van der Waals surface area (Å²) in [7, 11) is 0. The molecule has 180 valence electrons. The van der Waals surface area contributed by atoms with E-state index < -0.39 is 12.1 Å². The van der Waals surface area contributed by atoms with Gasteiger partial charge in [0.1, 0.15) is 5.75 Å². The van der Waals surface area contributed by atoms with Crippen LogP contribution in [0.15, 0.2) is 18.2 Å². The topological polar surface area (TPSA) is 115 Å². The van der Waals surface area contributed by atoms with Gasteiger partial charge in [-0.3, -0.25) is 4.79 Å². The first kappa shape index (κ1) is 24.6. The van der Waals surface area contributed by atoms with Gasteiger partial charge in [0.15, 0.2) is 0 Å². The van der Waals surface area contributed by atoms with Crippen LogP contribution in [0.5, 0.6) is 5.75 Å². The van der Waals surface area contributed by atoms with Crippen molar-refractivity contribution < 1.29 is 32.6 Å². The van der Waals surface area contributed by atoms with Crippen molar-refractivity contribution in [2.24, 2.45) is 5.92 Å². The fourth-order valence-electron chi connectivity index (χ4n) is 4.37. The summed E-state index contributed by atoms with van der Waals surface area (Å²) < 4.78 is 42.0. The number of carbonyl (C=O) groups excluding carboxylic acids is 2. The first-order valence-electron chi connectivity index (χ1n) is 10.9. The van der Waals surface area contributed by atoms with E-state index in [1.165, 1.54) is 12.1 Å². The van der Waals surface area contributed by atoms with Crippen LogP contribution in [-0.4, -0.2) is 53.5 Å². The highest BCUT2D eigenvalue weighted by Gasteiger charge is 2.33. The minimum atomic E-state index is -4.91. The van der Waals surface area contributed by atoms with Crippen LogP contribution in [0.3, 0.4) is 0 Å². The van der Waals surface area contributed by atoms with Crippen molar-refractivity contribution in [3.05, 3.63) is 29.3 Å². The van der Waals surface area contributed by atoms with Gasteiger partial charge in [0.25, 0.3) is 0 Å². The SMILES string of the molecule is N#Cc1ccc(CNC(=O)[C@H]2CC[C@@H](NC(=O)N3CCC[C@H]3CO)CC2)c(OC(F)(F)F)c1. The number of ether oxygens (including phenoxy) is 1. The quantitative estimate of drug-likeness (QED) is 0.594. The summed E-state index contributed by atoms with van der Waals surface area (Å²) in [5.74, 6) is -1.10. The Morgan fingerprint density at radius 2 is 1.94 bits per heavy atom. The van der Waals surface area contributed by atoms with Gasteiger partial charge < -0.3 is 25.4 Å². The Bertz CT molecular complexity index is 895. The van der Waals surface area contributed by atoms with Crippen molar-refractivity contribution in [2.75, 3.05) is 13.2 Å². The highest BCUT2D eigenvalue weighted by Crippen LogP contribution is 2.29. The number of rotatable bonds is 6. The zero-order chi connectivity index (χ0) is 24.0. The second-order valence-electron chi connectivity index (χ2n) is 8.37. The molecule has 1 saturated carbocycles. The van der Waals surface area contributed by atoms with Gasteiger partial charge in [0.05, 0.1) is 24.3 Å². The summed E-state index contributed by atoms with van der Waals surface area (Å²) in [5.41, 5.74) is 0.133. The van der Waals surface area contributed by atoms with Gasteiger partial charge in [-0.05, 0) is 50.7 Å². The molecule has 1 heterocycles. The third kappa shape index (κ3) is 6.74. The predicted octanol–water partition coefficient (Wildman–Crippen LogP) is 2.80. The number of aliphatic hydroxyl groups is 1. The molecule has 3 amide bonds. The summed E-state index contributed by atoms with van der Waals surface area (Å²) in [6, 6.07) is 5.02. The van der Waals surface area contributed by atoms with E-state index in [1.807, 2.05) is 0 Å². The summed E-state index contributed by atoms with van der Waals surface area (Å²) in [6.07, 6.45) is -0.964. The molecule has 0 spiro atoms. The molecule has 1 atom stereocenters. The number of nitriles is 1. The van der Waals surface area contributed by atoms with Gasteiger partial charge in [-0.2, -0.15) is 5.26 Å². The molecule has 33 heavy (non-hydrogen) atoms. The highest BCUT2D eigenvalue weighted by molar-refractivity contribution is 5.79. The standard InChI is InChI=1S/C22H27F3N4O4/c23-22(24,25)33-19-10-14(11-26)3-4-16(19)12-27-20(31)15-5-7-17(8-6-15)28-21(32)29-9-1-2-18(29)13-30/h3-4,10,15,17-18,30H,1-2,5-9,12-13H2,(H,27,31)(H,28,32)/t15-,17+,18-/m0/s1. The van der Waals surface area contributed by atoms with Crippen LogP contribution in [0.2, 0.25) is 0 Å². The predicted molar refractivity (Wildman–Crippen MR) is 111 cm³/mol. The van der Waals surface area contributed by atoms with Crippen LogP contribution in [0.4, 0.5) is 18.0 Å². The molecule has 3 N–H and O–H groups in total. The molecule has 2 fully saturated rings. The number of likely N-dealkylation sites (tertiary alicyclic amines) is 1. The second kappa shape index (κ2) is 10.7. The van der Waals surface area contributed by atoms with Crippen molar-refractivity contribution in [1.82, 2.24) is 15.5 Å². The van der Waals surface area contributed by atoms with Crippen LogP contribution in [-0.2, 0) is 11.3 Å². The van der Waals surface area contributed by atoms with Crippen LogP contribution in [0, 0.1) is 17.2 Å². The second-order valence-corrected chi connectivity index (χ2v) is 8.37. The van der Waals surface area contributed by atoms with Gasteiger partial charge >= 0.3 is 12.4 Å². The number of carbonyl (C=O) groups is 2. The Morgan fingerprint density at radius 3 is 2.58 bits per heavy atom. The fourth-order valence-corrected chi connectivity index (χ4v) is 4.37. The van der Waals surface area contributed by atoms with Crippen LogP contribution in [0.1, 0.15) is 49.7 Å². The number of nitrogens with zero attached hydrogens (tertiary/aromatic N) is 2. The largest absolute Gasteiger partial charge is 0.573 e. The zero-order valence-corrected chi connectivity index (χ0v) is 18.0. The summed E-state index contributed by atoms with van der Waals surface area (Å²) in [5, 5.41) is 23.9. The van der Waals surface area contributed by atoms with Crippen LogP contribution >= 0.6 is 0 Å². The first-order chi connectivity index (χ1) is 15.7. The van der Waals surface area contributed by atoms with E-state index in [0.717, 1.165) is 18.9 Å². The van der Waals surface area contributed by atoms with E-state index in [-0.39, 0.29) is 54.2 Å². The molecular formula is C22H27F3N4O4. The zero-order valence-electron chi connectivity index (χ0n) is 18.0. The molecule has 0 unspecified atom stereocenters. The van der Waals surface area contributed by atoms with Crippen molar-refractivity contribution >= 4 is 11.9 Å². The van der Waals surface area contributed by atoms with E-state index in [1.54, 1.807) is 11.0 Å². The fraction of sp³-hybridized carbons (Fsp3) is 0.591. The average molecular weight is 468 g/mol. The van der Waals surface area contributed by atoms with Gasteiger partial charge in [-0.1, -0.05) is 6.07 Å². The Balaban J connectivity index is 1.49. The normalized spacial score (nSPS) is 23.0. The van der Waals surface area contributed by atoms with Crippen LogP contribution < -0.4 is 15.4 Å². The van der Waals surface area contributed by atoms with Gasteiger partial charge in [0, 0.05) is 30.6 Å². The van der Waals surface area contributed by atoms with E-state index in [0.29, 0.717) is 32.2 Å². The molecule has 11 heteroatoms. The molecule has 1 aliphatic carbocycles. The Hall–Kier alpha value is -3.00. The number of alkyl halides is 3. The van der Waals surface area contributed by atoms with Gasteiger partial charge in [-0.25, -0.2) is 4.79 Å². The maximum atomic E-state index is 12.7. The molecule has 1 saturated heterocycles. The van der Waals surface area contributed by atoms with E-state index in [2.05, 4.69) is 15.4 Å². The third-order valence-electron chi connectivity index (χ3n) is 6.15. The van der Waals surface area contributed by atoms with E-state index in [9.17, 15) is 27.9 Å². The summed E-state index contributed by atoms with van der Waals surface area (Å²) in [4.78, 5) is 26.7. The van der Waals surface area contributed by atoms with Crippen molar-refractivity contribution in [3.8, 4) is 11.8 Å². The number of nitrogens with one attached hydrogen (secondary N) is 2. The molecule has 1 aromatic carbocycles. The van der Waals surface area contributed by atoms with Crippen molar-refractivity contribution in [2.45, 2.75) is 63.5 Å². The van der Waals surface area contributed by atoms with E-state index in [4.69, 9.17) is 5.26 Å². The molecule has 1 aromatic rings. The number of hydrogen-bond donors (Lipinski definition) is 3. The Kier molecular flexibility index (Phi) is 8.02. The summed E-state index contributed by atoms with van der Waals surface area (Å²) in [6.45, 7) is 0.392. The molecular weight excluding hydrogens is 441 g/mol. The van der Waals surface area contributed by atoms with Gasteiger partial charge in [0.2, 0.25) is 5.91 Å². The van der Waals surface area contributed by atoms with Crippen molar-refractivity contribution in [3.63, 3.8) is 0 Å². The highest BCUT2D eigenvalue weighted by atomic mass is 19.4. The number of hydrogen-bond acceptors (Lipinski definition) is 5. The Labute approximate surface area is 189 Å². The first-order valence-corrected chi connectivity index (χ1v) is 10.9. The lowest BCUT2D eigenvalue weighted by Crippen LogP contribution is -2.49. The molecule has 0 radical (unpaired) electrons. The third-order valence-corrected chi connectivity index (χ3v) is 6.15. The number of benzene rings is 1.